The van der Waals surface area contributed by atoms with Gasteiger partial charge in [0.15, 0.2) is 0 Å². The molecule has 0 nitrogen and oxygen atoms in total. The Kier molecular flexibility index (Phi) is 8.56. The lowest BCUT2D eigenvalue weighted by Crippen LogP contribution is -1.84. The van der Waals surface area contributed by atoms with Crippen LogP contribution in [0.25, 0.3) is 22.3 Å². The number of benzene rings is 4. The van der Waals surface area contributed by atoms with Crippen molar-refractivity contribution in [3.63, 3.8) is 0 Å². The third kappa shape index (κ3) is 5.68. The van der Waals surface area contributed by atoms with E-state index >= 15 is 0 Å². The zero-order valence-corrected chi connectivity index (χ0v) is 22.2. The molecule has 0 spiro atoms. The smallest absolute Gasteiger partial charge is 0.0254 e. The van der Waals surface area contributed by atoms with Crippen molar-refractivity contribution in [2.75, 3.05) is 0 Å². The zero-order valence-electron chi connectivity index (χ0n) is 14.7. The van der Waals surface area contributed by atoms with E-state index in [1.807, 2.05) is 24.3 Å². The van der Waals surface area contributed by atoms with Gasteiger partial charge < -0.3 is 0 Å². The molecule has 4 heteroatoms. The number of hydrogen-bond acceptors (Lipinski definition) is 0. The van der Waals surface area contributed by atoms with Crippen molar-refractivity contribution < 1.29 is 0 Å². The highest BCUT2D eigenvalue weighted by molar-refractivity contribution is 14.1. The first kappa shape index (κ1) is 22.0. The molecule has 0 radical (unpaired) electrons. The summed E-state index contributed by atoms with van der Waals surface area (Å²) in [5.74, 6) is 0. The van der Waals surface area contributed by atoms with Gasteiger partial charge in [0.1, 0.15) is 0 Å². The van der Waals surface area contributed by atoms with Crippen molar-refractivity contribution in [3.8, 4) is 22.3 Å². The van der Waals surface area contributed by atoms with Crippen LogP contribution in [-0.2, 0) is 0 Å². The summed E-state index contributed by atoms with van der Waals surface area (Å²) in [6, 6.07) is 33.3. The Hall–Kier alpha value is -0.700. The summed E-state index contributed by atoms with van der Waals surface area (Å²) in [6.07, 6.45) is 0. The van der Waals surface area contributed by atoms with E-state index in [1.54, 1.807) is 0 Å². The van der Waals surface area contributed by atoms with Crippen molar-refractivity contribution in [1.29, 1.82) is 0 Å². The molecule has 4 rings (SSSR count). The quantitative estimate of drug-likeness (QED) is 0.181. The Morgan fingerprint density at radius 1 is 0.393 bits per heavy atom. The standard InChI is InChI=1S/C12H8Br2.C12H8I2/c2*13-11-7-3-1-5-9(11)10-6-2-4-8-12(10)14/h2*1-8H. The van der Waals surface area contributed by atoms with E-state index < -0.39 is 0 Å². The molecular formula is C24H16Br2I2. The Morgan fingerprint density at radius 2 is 0.679 bits per heavy atom. The second kappa shape index (κ2) is 10.9. The van der Waals surface area contributed by atoms with Gasteiger partial charge in [0.05, 0.1) is 0 Å². The summed E-state index contributed by atoms with van der Waals surface area (Å²) in [6.45, 7) is 0. The van der Waals surface area contributed by atoms with Crippen LogP contribution in [0.5, 0.6) is 0 Å². The molecule has 0 aliphatic rings. The first-order valence-corrected chi connectivity index (χ1v) is 12.3. The molecule has 0 saturated carbocycles. The molecule has 0 N–H and O–H groups in total. The topological polar surface area (TPSA) is 0 Å². The predicted molar refractivity (Wildman–Crippen MR) is 145 cm³/mol. The fourth-order valence-electron chi connectivity index (χ4n) is 2.72. The van der Waals surface area contributed by atoms with Gasteiger partial charge >= 0.3 is 0 Å². The molecule has 28 heavy (non-hydrogen) atoms. The van der Waals surface area contributed by atoms with Crippen molar-refractivity contribution in [3.05, 3.63) is 113 Å². The lowest BCUT2D eigenvalue weighted by atomic mass is 10.1. The lowest BCUT2D eigenvalue weighted by molar-refractivity contribution is 1.55. The van der Waals surface area contributed by atoms with Gasteiger partial charge in [0, 0.05) is 16.1 Å². The van der Waals surface area contributed by atoms with Crippen LogP contribution in [-0.4, -0.2) is 0 Å². The molecule has 140 valence electrons. The van der Waals surface area contributed by atoms with Gasteiger partial charge in [-0.1, -0.05) is 105 Å². The van der Waals surface area contributed by atoms with E-state index in [4.69, 9.17) is 0 Å². The van der Waals surface area contributed by atoms with Gasteiger partial charge in [0.25, 0.3) is 0 Å². The first-order valence-electron chi connectivity index (χ1n) is 8.57. The van der Waals surface area contributed by atoms with Gasteiger partial charge in [-0.05, 0) is 91.7 Å². The van der Waals surface area contributed by atoms with Crippen LogP contribution in [0.1, 0.15) is 0 Å². The number of hydrogen-bond donors (Lipinski definition) is 0. The van der Waals surface area contributed by atoms with E-state index in [0.717, 1.165) is 8.95 Å². The molecule has 0 amide bonds. The summed E-state index contributed by atoms with van der Waals surface area (Å²) in [7, 11) is 0. The second-order valence-corrected chi connectivity index (χ2v) is 9.95. The van der Waals surface area contributed by atoms with Gasteiger partial charge in [-0.3, -0.25) is 0 Å². The molecule has 4 aromatic rings. The maximum Gasteiger partial charge on any atom is 0.0254 e. The van der Waals surface area contributed by atoms with E-state index in [-0.39, 0.29) is 0 Å². The first-order chi connectivity index (χ1) is 13.6. The number of halogens is 4. The Morgan fingerprint density at radius 3 is 1.00 bits per heavy atom. The highest BCUT2D eigenvalue weighted by Crippen LogP contribution is 2.33. The van der Waals surface area contributed by atoms with Crippen LogP contribution in [0.2, 0.25) is 0 Å². The maximum atomic E-state index is 3.55. The Bertz CT molecular complexity index is 903. The summed E-state index contributed by atoms with van der Waals surface area (Å²) in [5, 5.41) is 0. The summed E-state index contributed by atoms with van der Waals surface area (Å²) in [4.78, 5) is 0. The van der Waals surface area contributed by atoms with Crippen LogP contribution in [0.3, 0.4) is 0 Å². The molecule has 0 unspecified atom stereocenters. The minimum absolute atomic E-state index is 1.12. The zero-order chi connectivity index (χ0) is 19.9. The molecule has 0 bridgehead atoms. The molecule has 0 saturated heterocycles. The van der Waals surface area contributed by atoms with Crippen LogP contribution < -0.4 is 0 Å². The molecule has 0 aliphatic carbocycles. The largest absolute Gasteiger partial charge is 0.0616 e. The highest BCUT2D eigenvalue weighted by atomic mass is 127. The SMILES string of the molecule is Brc1ccccc1-c1ccccc1Br.Ic1ccccc1-c1ccccc1I. The van der Waals surface area contributed by atoms with Crippen LogP contribution in [0.4, 0.5) is 0 Å². The molecule has 4 aromatic carbocycles. The third-order valence-electron chi connectivity index (χ3n) is 4.08. The van der Waals surface area contributed by atoms with Crippen molar-refractivity contribution in [2.24, 2.45) is 0 Å². The Balaban J connectivity index is 0.000000161. The van der Waals surface area contributed by atoms with E-state index in [1.165, 1.54) is 29.4 Å². The molecule has 0 aromatic heterocycles. The summed E-state index contributed by atoms with van der Waals surface area (Å²) in [5.41, 5.74) is 5.05. The van der Waals surface area contributed by atoms with E-state index in [2.05, 4.69) is 150 Å². The fraction of sp³-hybridized carbons (Fsp3) is 0. The molecule has 0 aliphatic heterocycles. The summed E-state index contributed by atoms with van der Waals surface area (Å²) < 4.78 is 4.84. The molecule has 0 atom stereocenters. The Labute approximate surface area is 210 Å². The van der Waals surface area contributed by atoms with E-state index in [9.17, 15) is 0 Å². The molecule has 0 fully saturated rings. The highest BCUT2D eigenvalue weighted by Gasteiger charge is 2.05. The van der Waals surface area contributed by atoms with Gasteiger partial charge in [-0.25, -0.2) is 0 Å². The average Bonchev–Trinajstić information content (AvgIpc) is 2.71. The number of rotatable bonds is 2. The minimum atomic E-state index is 1.12. The normalized spacial score (nSPS) is 10.1. The summed E-state index contributed by atoms with van der Waals surface area (Å²) >= 11 is 11.8. The van der Waals surface area contributed by atoms with Gasteiger partial charge in [-0.15, -0.1) is 0 Å². The van der Waals surface area contributed by atoms with Crippen molar-refractivity contribution in [1.82, 2.24) is 0 Å². The average molecular weight is 718 g/mol. The third-order valence-corrected chi connectivity index (χ3v) is 7.34. The fourth-order valence-corrected chi connectivity index (χ4v) is 5.07. The lowest BCUT2D eigenvalue weighted by Gasteiger charge is -2.06. The predicted octanol–water partition coefficient (Wildman–Crippen LogP) is 9.44. The minimum Gasteiger partial charge on any atom is -0.0616 e. The van der Waals surface area contributed by atoms with Crippen LogP contribution >= 0.6 is 77.0 Å². The monoisotopic (exact) mass is 716 g/mol. The molecule has 0 heterocycles. The second-order valence-electron chi connectivity index (χ2n) is 5.92. The molecular weight excluding hydrogens is 702 g/mol. The maximum absolute atomic E-state index is 3.55. The van der Waals surface area contributed by atoms with Crippen LogP contribution in [0, 0.1) is 7.14 Å². The van der Waals surface area contributed by atoms with Gasteiger partial charge in [0.2, 0.25) is 0 Å². The van der Waals surface area contributed by atoms with Crippen molar-refractivity contribution in [2.45, 2.75) is 0 Å². The van der Waals surface area contributed by atoms with E-state index in [0.29, 0.717) is 0 Å². The van der Waals surface area contributed by atoms with Crippen molar-refractivity contribution >= 4 is 77.0 Å². The van der Waals surface area contributed by atoms with Gasteiger partial charge in [-0.2, -0.15) is 0 Å². The van der Waals surface area contributed by atoms with Crippen LogP contribution in [0.15, 0.2) is 106 Å².